The Morgan fingerprint density at radius 3 is 1.86 bits per heavy atom. The van der Waals surface area contributed by atoms with Crippen LogP contribution in [0.15, 0.2) is 37.1 Å². The standard InChI is InChI=1S/C13H22O/c1-6-14-13(9-7-11(2)3)10-8-12(4)5/h6,13H,1-2,4,7-10H2,3,5H3. The summed E-state index contributed by atoms with van der Waals surface area (Å²) in [5.74, 6) is 0. The first kappa shape index (κ1) is 13.0. The van der Waals surface area contributed by atoms with Crippen LogP contribution in [0.1, 0.15) is 39.5 Å². The van der Waals surface area contributed by atoms with Gasteiger partial charge < -0.3 is 4.74 Å². The van der Waals surface area contributed by atoms with Crippen LogP contribution in [0.4, 0.5) is 0 Å². The van der Waals surface area contributed by atoms with Crippen LogP contribution in [-0.2, 0) is 4.74 Å². The lowest BCUT2D eigenvalue weighted by molar-refractivity contribution is 0.128. The second-order valence-corrected chi connectivity index (χ2v) is 3.92. The van der Waals surface area contributed by atoms with E-state index in [1.54, 1.807) is 0 Å². The summed E-state index contributed by atoms with van der Waals surface area (Å²) in [4.78, 5) is 0. The summed E-state index contributed by atoms with van der Waals surface area (Å²) in [5.41, 5.74) is 2.41. The Morgan fingerprint density at radius 2 is 1.57 bits per heavy atom. The minimum Gasteiger partial charge on any atom is -0.499 e. The van der Waals surface area contributed by atoms with E-state index in [9.17, 15) is 0 Å². The van der Waals surface area contributed by atoms with Gasteiger partial charge in [-0.3, -0.25) is 0 Å². The third kappa shape index (κ3) is 7.66. The average Bonchev–Trinajstić information content (AvgIpc) is 2.09. The summed E-state index contributed by atoms with van der Waals surface area (Å²) in [6, 6.07) is 0. The van der Waals surface area contributed by atoms with E-state index in [4.69, 9.17) is 4.74 Å². The van der Waals surface area contributed by atoms with Gasteiger partial charge in [-0.15, -0.1) is 13.2 Å². The van der Waals surface area contributed by atoms with Gasteiger partial charge in [-0.25, -0.2) is 0 Å². The molecule has 0 bridgehead atoms. The van der Waals surface area contributed by atoms with Gasteiger partial charge in [0.1, 0.15) is 0 Å². The van der Waals surface area contributed by atoms with Gasteiger partial charge in [-0.05, 0) is 39.5 Å². The monoisotopic (exact) mass is 194 g/mol. The van der Waals surface area contributed by atoms with Crippen molar-refractivity contribution < 1.29 is 4.74 Å². The van der Waals surface area contributed by atoms with E-state index in [2.05, 4.69) is 19.7 Å². The van der Waals surface area contributed by atoms with Crippen LogP contribution >= 0.6 is 0 Å². The summed E-state index contributed by atoms with van der Waals surface area (Å²) in [7, 11) is 0. The van der Waals surface area contributed by atoms with Crippen molar-refractivity contribution in [3.8, 4) is 0 Å². The molecule has 0 spiro atoms. The molecule has 0 atom stereocenters. The molecule has 0 amide bonds. The molecule has 0 heterocycles. The smallest absolute Gasteiger partial charge is 0.0984 e. The van der Waals surface area contributed by atoms with Crippen molar-refractivity contribution in [3.63, 3.8) is 0 Å². The number of hydrogen-bond acceptors (Lipinski definition) is 1. The molecule has 1 heteroatoms. The average molecular weight is 194 g/mol. The van der Waals surface area contributed by atoms with E-state index in [1.165, 1.54) is 17.4 Å². The van der Waals surface area contributed by atoms with Gasteiger partial charge in [-0.1, -0.05) is 17.7 Å². The summed E-state index contributed by atoms with van der Waals surface area (Å²) < 4.78 is 5.42. The highest BCUT2D eigenvalue weighted by atomic mass is 16.5. The fourth-order valence-electron chi connectivity index (χ4n) is 1.23. The van der Waals surface area contributed by atoms with Crippen molar-refractivity contribution in [1.82, 2.24) is 0 Å². The first-order chi connectivity index (χ1) is 6.56. The predicted molar refractivity (Wildman–Crippen MR) is 63.2 cm³/mol. The van der Waals surface area contributed by atoms with Crippen molar-refractivity contribution in [3.05, 3.63) is 37.1 Å². The van der Waals surface area contributed by atoms with Crippen LogP contribution in [-0.4, -0.2) is 6.10 Å². The zero-order chi connectivity index (χ0) is 11.0. The first-order valence-electron chi connectivity index (χ1n) is 5.11. The lowest BCUT2D eigenvalue weighted by atomic mass is 10.0. The third-order valence-corrected chi connectivity index (χ3v) is 2.07. The Hall–Kier alpha value is -0.980. The normalized spacial score (nSPS) is 9.93. The van der Waals surface area contributed by atoms with Gasteiger partial charge in [0.25, 0.3) is 0 Å². The molecule has 0 saturated carbocycles. The summed E-state index contributed by atoms with van der Waals surface area (Å²) in [6.07, 6.45) is 5.88. The van der Waals surface area contributed by atoms with Gasteiger partial charge in [0.15, 0.2) is 0 Å². The molecule has 14 heavy (non-hydrogen) atoms. The Balaban J connectivity index is 3.81. The Labute approximate surface area is 88.2 Å². The maximum atomic E-state index is 5.42. The van der Waals surface area contributed by atoms with Gasteiger partial charge >= 0.3 is 0 Å². The molecule has 0 aliphatic carbocycles. The van der Waals surface area contributed by atoms with E-state index in [-0.39, 0.29) is 6.10 Å². The molecule has 0 aromatic carbocycles. The molecule has 0 N–H and O–H groups in total. The molecule has 1 nitrogen and oxygen atoms in total. The largest absolute Gasteiger partial charge is 0.499 e. The fraction of sp³-hybridized carbons (Fsp3) is 0.538. The number of ether oxygens (including phenoxy) is 1. The zero-order valence-corrected chi connectivity index (χ0v) is 9.51. The quantitative estimate of drug-likeness (QED) is 0.415. The van der Waals surface area contributed by atoms with E-state index >= 15 is 0 Å². The minimum atomic E-state index is 0.265. The zero-order valence-electron chi connectivity index (χ0n) is 9.51. The second-order valence-electron chi connectivity index (χ2n) is 3.92. The molecule has 0 unspecified atom stereocenters. The van der Waals surface area contributed by atoms with Crippen LogP contribution in [0.5, 0.6) is 0 Å². The van der Waals surface area contributed by atoms with Crippen molar-refractivity contribution in [2.24, 2.45) is 0 Å². The molecule has 0 aromatic rings. The Bertz CT molecular complexity index is 185. The van der Waals surface area contributed by atoms with Crippen LogP contribution in [0.25, 0.3) is 0 Å². The Kier molecular flexibility index (Phi) is 6.91. The van der Waals surface area contributed by atoms with Crippen molar-refractivity contribution in [1.29, 1.82) is 0 Å². The molecule has 0 fully saturated rings. The molecular weight excluding hydrogens is 172 g/mol. The van der Waals surface area contributed by atoms with Crippen molar-refractivity contribution in [2.75, 3.05) is 0 Å². The summed E-state index contributed by atoms with van der Waals surface area (Å²) in [6.45, 7) is 15.4. The van der Waals surface area contributed by atoms with E-state index in [0.29, 0.717) is 0 Å². The maximum absolute atomic E-state index is 5.42. The van der Waals surface area contributed by atoms with Crippen molar-refractivity contribution in [2.45, 2.75) is 45.6 Å². The molecule has 0 radical (unpaired) electrons. The van der Waals surface area contributed by atoms with E-state index in [0.717, 1.165) is 25.7 Å². The second kappa shape index (κ2) is 7.43. The van der Waals surface area contributed by atoms with Gasteiger partial charge in [-0.2, -0.15) is 0 Å². The van der Waals surface area contributed by atoms with Crippen LogP contribution in [0.2, 0.25) is 0 Å². The fourth-order valence-corrected chi connectivity index (χ4v) is 1.23. The lowest BCUT2D eigenvalue weighted by Gasteiger charge is -2.16. The topological polar surface area (TPSA) is 9.23 Å². The highest BCUT2D eigenvalue weighted by Gasteiger charge is 2.07. The van der Waals surface area contributed by atoms with Crippen LogP contribution in [0.3, 0.4) is 0 Å². The van der Waals surface area contributed by atoms with Crippen LogP contribution in [0, 0.1) is 0 Å². The van der Waals surface area contributed by atoms with Gasteiger partial charge in [0.2, 0.25) is 0 Å². The minimum absolute atomic E-state index is 0.265. The van der Waals surface area contributed by atoms with Gasteiger partial charge in [0, 0.05) is 0 Å². The highest BCUT2D eigenvalue weighted by Crippen LogP contribution is 2.15. The van der Waals surface area contributed by atoms with E-state index in [1.807, 2.05) is 13.8 Å². The molecule has 80 valence electrons. The van der Waals surface area contributed by atoms with E-state index < -0.39 is 0 Å². The lowest BCUT2D eigenvalue weighted by Crippen LogP contribution is -2.09. The number of rotatable bonds is 8. The highest BCUT2D eigenvalue weighted by molar-refractivity contribution is 4.91. The molecule has 0 rings (SSSR count). The SMILES string of the molecule is C=COC(CCC(=C)C)CCC(=C)C. The van der Waals surface area contributed by atoms with Crippen LogP contribution < -0.4 is 0 Å². The third-order valence-electron chi connectivity index (χ3n) is 2.07. The predicted octanol–water partition coefficient (Wildman–Crippen LogP) is 4.23. The number of hydrogen-bond donors (Lipinski definition) is 0. The first-order valence-corrected chi connectivity index (χ1v) is 5.11. The Morgan fingerprint density at radius 1 is 1.14 bits per heavy atom. The molecule has 0 aromatic heterocycles. The summed E-state index contributed by atoms with van der Waals surface area (Å²) in [5, 5.41) is 0. The molecule has 0 saturated heterocycles. The van der Waals surface area contributed by atoms with Gasteiger partial charge in [0.05, 0.1) is 12.4 Å². The molecule has 0 aliphatic rings. The molecular formula is C13H22O. The number of allylic oxidation sites excluding steroid dienone is 2. The van der Waals surface area contributed by atoms with Crippen molar-refractivity contribution >= 4 is 0 Å². The maximum Gasteiger partial charge on any atom is 0.0984 e. The molecule has 0 aliphatic heterocycles. The summed E-state index contributed by atoms with van der Waals surface area (Å²) >= 11 is 0.